The zero-order valence-corrected chi connectivity index (χ0v) is 17.9. The monoisotopic (exact) mass is 421 g/mol. The van der Waals surface area contributed by atoms with E-state index >= 15 is 0 Å². The highest BCUT2D eigenvalue weighted by Crippen LogP contribution is 2.17. The smallest absolute Gasteiger partial charge is 0.243 e. The highest BCUT2D eigenvalue weighted by Gasteiger charge is 2.28. The molecule has 1 aromatic heterocycles. The molecule has 29 heavy (non-hydrogen) atoms. The second-order valence-corrected chi connectivity index (χ2v) is 9.26. The van der Waals surface area contributed by atoms with Gasteiger partial charge in [-0.2, -0.15) is 4.31 Å². The number of aromatic nitrogens is 1. The van der Waals surface area contributed by atoms with Gasteiger partial charge in [0, 0.05) is 32.0 Å². The zero-order valence-electron chi connectivity index (χ0n) is 17.1. The molecule has 0 saturated heterocycles. The minimum absolute atomic E-state index is 0.0227. The summed E-state index contributed by atoms with van der Waals surface area (Å²) in [6.07, 6.45) is 3.33. The summed E-state index contributed by atoms with van der Waals surface area (Å²) in [5, 5.41) is 0. The summed E-state index contributed by atoms with van der Waals surface area (Å²) in [7, 11) is -2.07. The fourth-order valence-electron chi connectivity index (χ4n) is 2.95. The molecule has 8 heteroatoms. The number of amides is 1. The maximum atomic E-state index is 13.2. The molecule has 0 aliphatic carbocycles. The highest BCUT2D eigenvalue weighted by atomic mass is 32.2. The number of hydrogen-bond acceptors (Lipinski definition) is 3. The van der Waals surface area contributed by atoms with Crippen molar-refractivity contribution < 1.29 is 17.6 Å². The molecule has 6 nitrogen and oxygen atoms in total. The second-order valence-electron chi connectivity index (χ2n) is 7.32. The SMILES string of the molecule is C=CCN(CC(=O)N(Cc1cccn1C)CC(C)C)S(=O)(=O)c1ccc(F)cc1. The van der Waals surface area contributed by atoms with Crippen LogP contribution in [-0.4, -0.2) is 47.7 Å². The Labute approximate surface area is 172 Å². The Bertz CT molecular complexity index is 936. The first-order valence-corrected chi connectivity index (χ1v) is 10.8. The van der Waals surface area contributed by atoms with Gasteiger partial charge in [0.2, 0.25) is 15.9 Å². The molecule has 1 aromatic carbocycles. The molecule has 2 aromatic rings. The van der Waals surface area contributed by atoms with Crippen molar-refractivity contribution in [2.45, 2.75) is 25.3 Å². The summed E-state index contributed by atoms with van der Waals surface area (Å²) >= 11 is 0. The van der Waals surface area contributed by atoms with Crippen LogP contribution in [-0.2, 0) is 28.4 Å². The summed E-state index contributed by atoms with van der Waals surface area (Å²) in [5.74, 6) is -0.603. The number of halogens is 1. The van der Waals surface area contributed by atoms with Crippen LogP contribution in [0.15, 0.2) is 60.1 Å². The van der Waals surface area contributed by atoms with Crippen molar-refractivity contribution in [3.8, 4) is 0 Å². The van der Waals surface area contributed by atoms with Gasteiger partial charge in [0.1, 0.15) is 5.82 Å². The van der Waals surface area contributed by atoms with E-state index in [0.717, 1.165) is 22.1 Å². The van der Waals surface area contributed by atoms with E-state index in [1.165, 1.54) is 18.2 Å². The van der Waals surface area contributed by atoms with Gasteiger partial charge in [-0.05, 0) is 42.3 Å². The van der Waals surface area contributed by atoms with Crippen molar-refractivity contribution in [3.05, 3.63) is 66.8 Å². The average molecular weight is 422 g/mol. The van der Waals surface area contributed by atoms with E-state index in [0.29, 0.717) is 13.1 Å². The third-order valence-corrected chi connectivity index (χ3v) is 6.26. The van der Waals surface area contributed by atoms with Gasteiger partial charge in [-0.3, -0.25) is 4.79 Å². The molecule has 0 N–H and O–H groups in total. The Hall–Kier alpha value is -2.45. The van der Waals surface area contributed by atoms with Gasteiger partial charge in [0.15, 0.2) is 0 Å². The third kappa shape index (κ3) is 6.01. The highest BCUT2D eigenvalue weighted by molar-refractivity contribution is 7.89. The minimum atomic E-state index is -3.96. The largest absolute Gasteiger partial charge is 0.353 e. The van der Waals surface area contributed by atoms with E-state index in [1.807, 2.05) is 43.8 Å². The maximum absolute atomic E-state index is 13.2. The number of hydrogen-bond donors (Lipinski definition) is 0. The van der Waals surface area contributed by atoms with Crippen molar-refractivity contribution >= 4 is 15.9 Å². The quantitative estimate of drug-likeness (QED) is 0.554. The predicted molar refractivity (Wildman–Crippen MR) is 111 cm³/mol. The van der Waals surface area contributed by atoms with Crippen LogP contribution in [0.2, 0.25) is 0 Å². The average Bonchev–Trinajstić information content (AvgIpc) is 3.05. The topological polar surface area (TPSA) is 62.6 Å². The molecule has 158 valence electrons. The van der Waals surface area contributed by atoms with Crippen LogP contribution >= 0.6 is 0 Å². The maximum Gasteiger partial charge on any atom is 0.243 e. The lowest BCUT2D eigenvalue weighted by atomic mass is 10.2. The molecule has 1 amide bonds. The molecule has 2 rings (SSSR count). The molecule has 0 radical (unpaired) electrons. The van der Waals surface area contributed by atoms with E-state index in [2.05, 4.69) is 6.58 Å². The van der Waals surface area contributed by atoms with Crippen LogP contribution < -0.4 is 0 Å². The van der Waals surface area contributed by atoms with Gasteiger partial charge in [-0.25, -0.2) is 12.8 Å². The molecular formula is C21H28FN3O3S. The van der Waals surface area contributed by atoms with Gasteiger partial charge in [-0.1, -0.05) is 19.9 Å². The molecular weight excluding hydrogens is 393 g/mol. The zero-order chi connectivity index (χ0) is 21.6. The number of nitrogens with zero attached hydrogens (tertiary/aromatic N) is 3. The van der Waals surface area contributed by atoms with Crippen LogP contribution in [0.3, 0.4) is 0 Å². The number of rotatable bonds is 10. The van der Waals surface area contributed by atoms with Crippen molar-refractivity contribution in [1.29, 1.82) is 0 Å². The molecule has 0 atom stereocenters. The molecule has 0 unspecified atom stereocenters. The number of benzene rings is 1. The van der Waals surface area contributed by atoms with Crippen LogP contribution in [0, 0.1) is 11.7 Å². The van der Waals surface area contributed by atoms with Crippen molar-refractivity contribution in [2.24, 2.45) is 13.0 Å². The van der Waals surface area contributed by atoms with Crippen molar-refractivity contribution in [1.82, 2.24) is 13.8 Å². The van der Waals surface area contributed by atoms with Crippen LogP contribution in [0.25, 0.3) is 0 Å². The normalized spacial score (nSPS) is 11.8. The fourth-order valence-corrected chi connectivity index (χ4v) is 4.31. The van der Waals surface area contributed by atoms with E-state index < -0.39 is 15.8 Å². The molecule has 0 aliphatic rings. The van der Waals surface area contributed by atoms with E-state index in [4.69, 9.17) is 0 Å². The number of carbonyl (C=O) groups is 1. The summed E-state index contributed by atoms with van der Waals surface area (Å²) < 4.78 is 42.1. The Morgan fingerprint density at radius 1 is 1.24 bits per heavy atom. The lowest BCUT2D eigenvalue weighted by Gasteiger charge is -2.28. The molecule has 0 saturated carbocycles. The summed E-state index contributed by atoms with van der Waals surface area (Å²) in [4.78, 5) is 14.6. The van der Waals surface area contributed by atoms with Crippen LogP contribution in [0.1, 0.15) is 19.5 Å². The lowest BCUT2D eigenvalue weighted by Crippen LogP contribution is -2.44. The Balaban J connectivity index is 2.25. The second kappa shape index (κ2) is 9.84. The molecule has 1 heterocycles. The van der Waals surface area contributed by atoms with Crippen LogP contribution in [0.4, 0.5) is 4.39 Å². The van der Waals surface area contributed by atoms with Gasteiger partial charge >= 0.3 is 0 Å². The van der Waals surface area contributed by atoms with Crippen molar-refractivity contribution in [3.63, 3.8) is 0 Å². The Morgan fingerprint density at radius 2 is 1.90 bits per heavy atom. The van der Waals surface area contributed by atoms with Gasteiger partial charge in [0.05, 0.1) is 18.0 Å². The minimum Gasteiger partial charge on any atom is -0.353 e. The summed E-state index contributed by atoms with van der Waals surface area (Å²) in [6, 6.07) is 8.39. The first kappa shape index (κ1) is 22.8. The molecule has 0 fully saturated rings. The van der Waals surface area contributed by atoms with E-state index in [1.54, 1.807) is 4.90 Å². The number of aryl methyl sites for hydroxylation is 1. The van der Waals surface area contributed by atoms with Crippen LogP contribution in [0.5, 0.6) is 0 Å². The number of sulfonamides is 1. The first-order valence-electron chi connectivity index (χ1n) is 9.39. The third-order valence-electron chi connectivity index (χ3n) is 4.44. The molecule has 0 aliphatic heterocycles. The van der Waals surface area contributed by atoms with Gasteiger partial charge in [0.25, 0.3) is 0 Å². The Morgan fingerprint density at radius 3 is 2.41 bits per heavy atom. The Kier molecular flexibility index (Phi) is 7.75. The molecule has 0 bridgehead atoms. The standard InChI is InChI=1S/C21H28FN3O3S/c1-5-12-25(29(27,28)20-10-8-18(22)9-11-20)16-21(26)24(14-17(2)3)15-19-7-6-13-23(19)4/h5-11,13,17H,1,12,14-16H2,2-4H3. The molecule has 0 spiro atoms. The fraction of sp³-hybridized carbons (Fsp3) is 0.381. The van der Waals surface area contributed by atoms with Gasteiger partial charge in [-0.15, -0.1) is 6.58 Å². The van der Waals surface area contributed by atoms with E-state index in [9.17, 15) is 17.6 Å². The first-order chi connectivity index (χ1) is 13.6. The van der Waals surface area contributed by atoms with Crippen molar-refractivity contribution in [2.75, 3.05) is 19.6 Å². The summed E-state index contributed by atoms with van der Waals surface area (Å²) in [5.41, 5.74) is 0.954. The predicted octanol–water partition coefficient (Wildman–Crippen LogP) is 3.03. The van der Waals surface area contributed by atoms with Gasteiger partial charge < -0.3 is 9.47 Å². The summed E-state index contributed by atoms with van der Waals surface area (Å²) in [6.45, 7) is 8.16. The number of carbonyl (C=O) groups excluding carboxylic acids is 1. The lowest BCUT2D eigenvalue weighted by molar-refractivity contribution is -0.132. The van der Waals surface area contributed by atoms with E-state index in [-0.39, 0.29) is 29.8 Å².